The van der Waals surface area contributed by atoms with E-state index in [1.807, 2.05) is 17.4 Å². The fraction of sp³-hybridized carbons (Fsp3) is 0.476. The zero-order chi connectivity index (χ0) is 21.8. The Bertz CT molecular complexity index is 1140. The zero-order valence-corrected chi connectivity index (χ0v) is 18.1. The minimum atomic E-state index is -0.223. The summed E-state index contributed by atoms with van der Waals surface area (Å²) in [5.41, 5.74) is 15.5. The summed E-state index contributed by atoms with van der Waals surface area (Å²) < 4.78 is 7.58. The van der Waals surface area contributed by atoms with E-state index in [2.05, 4.69) is 26.1 Å². The van der Waals surface area contributed by atoms with Gasteiger partial charge in [-0.2, -0.15) is 0 Å². The lowest BCUT2D eigenvalue weighted by atomic mass is 9.75. The average Bonchev–Trinajstić information content (AvgIpc) is 3.35. The quantitative estimate of drug-likeness (QED) is 0.558. The van der Waals surface area contributed by atoms with E-state index in [0.717, 1.165) is 55.0 Å². The Morgan fingerprint density at radius 2 is 2.10 bits per heavy atom. The minimum absolute atomic E-state index is 0.0552. The number of aryl methyl sites for hydroxylation is 1. The fourth-order valence-electron chi connectivity index (χ4n) is 4.92. The minimum Gasteiger partial charge on any atom is -0.388 e. The molecule has 2 aliphatic heterocycles. The third-order valence-corrected chi connectivity index (χ3v) is 7.20. The number of nitrogens with two attached hydrogens (primary N) is 2. The van der Waals surface area contributed by atoms with Gasteiger partial charge in [-0.3, -0.25) is 4.40 Å². The number of pyridine rings is 2. The summed E-state index contributed by atoms with van der Waals surface area (Å²) in [5, 5.41) is 19.0. The fourth-order valence-corrected chi connectivity index (χ4v) is 5.12. The normalized spacial score (nSPS) is 20.8. The molecule has 1 spiro atoms. The Morgan fingerprint density at radius 1 is 1.32 bits per heavy atom. The van der Waals surface area contributed by atoms with Crippen LogP contribution in [0.2, 0.25) is 5.02 Å². The number of fused-ring (bicyclic) bond motifs is 1. The first-order valence-corrected chi connectivity index (χ1v) is 10.8. The van der Waals surface area contributed by atoms with Gasteiger partial charge in [0, 0.05) is 41.9 Å². The molecule has 0 radical (unpaired) electrons. The number of aliphatic hydroxyl groups is 1. The van der Waals surface area contributed by atoms with Crippen molar-refractivity contribution in [1.82, 2.24) is 19.6 Å². The van der Waals surface area contributed by atoms with Crippen LogP contribution in [0.4, 0.5) is 11.6 Å². The first-order chi connectivity index (χ1) is 14.9. The van der Waals surface area contributed by atoms with Gasteiger partial charge in [0.2, 0.25) is 0 Å². The van der Waals surface area contributed by atoms with Crippen LogP contribution in [-0.4, -0.2) is 57.0 Å². The molecule has 0 unspecified atom stereocenters. The van der Waals surface area contributed by atoms with Gasteiger partial charge in [-0.1, -0.05) is 11.6 Å². The molecule has 9 nitrogen and oxygen atoms in total. The molecule has 1 atom stereocenters. The predicted molar refractivity (Wildman–Crippen MR) is 119 cm³/mol. The highest BCUT2D eigenvalue weighted by atomic mass is 35.5. The zero-order valence-electron chi connectivity index (χ0n) is 17.4. The third-order valence-electron chi connectivity index (χ3n) is 6.81. The molecule has 3 aromatic rings. The molecule has 2 fully saturated rings. The molecule has 0 saturated carbocycles. The Balaban J connectivity index is 1.61. The number of ether oxygens (including phenoxy) is 1. The van der Waals surface area contributed by atoms with Gasteiger partial charge in [0.25, 0.3) is 0 Å². The molecule has 0 bridgehead atoms. The topological polar surface area (TPSA) is 128 Å². The van der Waals surface area contributed by atoms with Crippen molar-refractivity contribution in [3.63, 3.8) is 0 Å². The maximum Gasteiger partial charge on any atom is 0.170 e. The van der Waals surface area contributed by atoms with Crippen molar-refractivity contribution in [3.05, 3.63) is 34.7 Å². The summed E-state index contributed by atoms with van der Waals surface area (Å²) >= 11 is 6.48. The molecular weight excluding hydrogens is 418 g/mol. The predicted octanol–water partition coefficient (Wildman–Crippen LogP) is 1.77. The van der Waals surface area contributed by atoms with E-state index in [1.165, 1.54) is 0 Å². The van der Waals surface area contributed by atoms with Crippen molar-refractivity contribution in [2.45, 2.75) is 32.4 Å². The van der Waals surface area contributed by atoms with Crippen LogP contribution in [0.1, 0.15) is 24.2 Å². The molecule has 31 heavy (non-hydrogen) atoms. The Labute approximate surface area is 185 Å². The first-order valence-electron chi connectivity index (χ1n) is 10.4. The number of nitrogen functional groups attached to an aromatic ring is 1. The van der Waals surface area contributed by atoms with Crippen LogP contribution in [0.25, 0.3) is 16.8 Å². The monoisotopic (exact) mass is 443 g/mol. The molecule has 0 aromatic carbocycles. The third kappa shape index (κ3) is 3.15. The van der Waals surface area contributed by atoms with Gasteiger partial charge in [0.15, 0.2) is 11.5 Å². The van der Waals surface area contributed by atoms with Gasteiger partial charge in [0.05, 0.1) is 18.2 Å². The van der Waals surface area contributed by atoms with E-state index in [4.69, 9.17) is 27.8 Å². The van der Waals surface area contributed by atoms with E-state index in [9.17, 15) is 5.11 Å². The second kappa shape index (κ2) is 7.59. The van der Waals surface area contributed by atoms with Crippen molar-refractivity contribution in [2.75, 3.05) is 36.9 Å². The van der Waals surface area contributed by atoms with Crippen LogP contribution in [0, 0.1) is 12.3 Å². The van der Waals surface area contributed by atoms with E-state index < -0.39 is 0 Å². The molecule has 0 aliphatic carbocycles. The Morgan fingerprint density at radius 3 is 2.77 bits per heavy atom. The lowest BCUT2D eigenvalue weighted by Gasteiger charge is -2.41. The largest absolute Gasteiger partial charge is 0.388 e. The molecule has 5 heterocycles. The number of nitrogens with zero attached hydrogens (tertiary/aromatic N) is 5. The van der Waals surface area contributed by atoms with Gasteiger partial charge < -0.3 is 26.2 Å². The number of halogens is 1. The highest BCUT2D eigenvalue weighted by Crippen LogP contribution is 2.42. The summed E-state index contributed by atoms with van der Waals surface area (Å²) in [5.74, 6) is 1.69. The van der Waals surface area contributed by atoms with Gasteiger partial charge in [-0.25, -0.2) is 4.98 Å². The number of hydrogen-bond donors (Lipinski definition) is 3. The SMILES string of the molecule is Cc1cc(N2CCC3(CC2)COC[C@H]3N)n2c(CO)nnc2c1-c1ccnc(N)c1Cl. The average molecular weight is 444 g/mol. The summed E-state index contributed by atoms with van der Waals surface area (Å²) in [6, 6.07) is 4.00. The van der Waals surface area contributed by atoms with E-state index in [0.29, 0.717) is 23.1 Å². The Hall–Kier alpha value is -2.46. The molecule has 3 aromatic heterocycles. The Kier molecular flexibility index (Phi) is 5.01. The number of rotatable bonds is 3. The molecule has 164 valence electrons. The summed E-state index contributed by atoms with van der Waals surface area (Å²) in [4.78, 5) is 6.37. The highest BCUT2D eigenvalue weighted by Gasteiger charge is 2.44. The highest BCUT2D eigenvalue weighted by molar-refractivity contribution is 6.35. The van der Waals surface area contributed by atoms with Crippen LogP contribution in [0.15, 0.2) is 18.3 Å². The van der Waals surface area contributed by atoms with Crippen molar-refractivity contribution < 1.29 is 9.84 Å². The molecular formula is C21H26ClN7O2. The molecule has 10 heteroatoms. The maximum atomic E-state index is 9.95. The summed E-state index contributed by atoms with van der Waals surface area (Å²) in [6.45, 7) is 4.85. The van der Waals surface area contributed by atoms with Crippen LogP contribution >= 0.6 is 11.6 Å². The van der Waals surface area contributed by atoms with Crippen molar-refractivity contribution >= 4 is 28.9 Å². The second-order valence-corrected chi connectivity index (χ2v) is 8.90. The number of anilines is 2. The molecule has 5 rings (SSSR count). The smallest absolute Gasteiger partial charge is 0.170 e. The number of piperidine rings is 1. The molecule has 2 saturated heterocycles. The van der Waals surface area contributed by atoms with Crippen molar-refractivity contribution in [2.24, 2.45) is 11.1 Å². The van der Waals surface area contributed by atoms with Gasteiger partial charge in [-0.15, -0.1) is 10.2 Å². The van der Waals surface area contributed by atoms with Crippen molar-refractivity contribution in [1.29, 1.82) is 0 Å². The molecule has 2 aliphatic rings. The summed E-state index contributed by atoms with van der Waals surface area (Å²) in [7, 11) is 0. The molecule has 5 N–H and O–H groups in total. The number of hydrogen-bond acceptors (Lipinski definition) is 8. The molecule has 0 amide bonds. The van der Waals surface area contributed by atoms with Crippen LogP contribution in [0.5, 0.6) is 0 Å². The lowest BCUT2D eigenvalue weighted by molar-refractivity contribution is 0.131. The van der Waals surface area contributed by atoms with Gasteiger partial charge in [0.1, 0.15) is 18.2 Å². The van der Waals surface area contributed by atoms with E-state index >= 15 is 0 Å². The van der Waals surface area contributed by atoms with E-state index in [1.54, 1.807) is 6.20 Å². The van der Waals surface area contributed by atoms with Crippen LogP contribution < -0.4 is 16.4 Å². The summed E-state index contributed by atoms with van der Waals surface area (Å²) in [6.07, 6.45) is 3.54. The maximum absolute atomic E-state index is 9.95. The van der Waals surface area contributed by atoms with Crippen molar-refractivity contribution in [3.8, 4) is 11.1 Å². The van der Waals surface area contributed by atoms with Gasteiger partial charge >= 0.3 is 0 Å². The van der Waals surface area contributed by atoms with Crippen LogP contribution in [0.3, 0.4) is 0 Å². The number of aromatic nitrogens is 4. The lowest BCUT2D eigenvalue weighted by Crippen LogP contribution is -2.49. The van der Waals surface area contributed by atoms with E-state index in [-0.39, 0.29) is 23.9 Å². The number of aliphatic hydroxyl groups excluding tert-OH is 1. The first kappa shape index (κ1) is 20.4. The van der Waals surface area contributed by atoms with Gasteiger partial charge in [-0.05, 0) is 37.5 Å². The van der Waals surface area contributed by atoms with Crippen LogP contribution in [-0.2, 0) is 11.3 Å². The standard InChI is InChI=1S/C21H26ClN7O2/c1-12-8-16(28-6-3-21(4-7-28)11-31-10-14(21)23)29-15(9-30)26-27-20(29)17(12)13-2-5-25-19(24)18(13)22/h2,5,8,14,30H,3-4,6-7,9-11,23H2,1H3,(H2,24,25)/t14-/m1/s1. The second-order valence-electron chi connectivity index (χ2n) is 8.52.